The van der Waals surface area contributed by atoms with E-state index >= 15 is 0 Å². The van der Waals surface area contributed by atoms with Crippen LogP contribution < -0.4 is 5.32 Å². The third-order valence-electron chi connectivity index (χ3n) is 4.02. The zero-order valence-electron chi connectivity index (χ0n) is 10.2. The number of nitrogens with one attached hydrogen (secondary N) is 1. The summed E-state index contributed by atoms with van der Waals surface area (Å²) in [5.41, 5.74) is 0. The summed E-state index contributed by atoms with van der Waals surface area (Å²) in [6, 6.07) is 0.909. The summed E-state index contributed by atoms with van der Waals surface area (Å²) in [6.45, 7) is 7.52. The Morgan fingerprint density at radius 3 is 2.40 bits per heavy atom. The van der Waals surface area contributed by atoms with E-state index in [0.717, 1.165) is 12.0 Å². The van der Waals surface area contributed by atoms with E-state index < -0.39 is 0 Å². The molecule has 0 bridgehead atoms. The second-order valence-corrected chi connectivity index (χ2v) is 5.42. The SMILES string of the molecule is CC1CCCC(N2CCCNCCC2)C1. The minimum absolute atomic E-state index is 0.909. The maximum absolute atomic E-state index is 3.49. The van der Waals surface area contributed by atoms with Crippen molar-refractivity contribution in [2.45, 2.75) is 51.5 Å². The largest absolute Gasteiger partial charge is 0.317 e. The number of nitrogens with zero attached hydrogens (tertiary/aromatic N) is 1. The Hall–Kier alpha value is -0.0800. The molecule has 1 aliphatic carbocycles. The summed E-state index contributed by atoms with van der Waals surface area (Å²) in [6.07, 6.45) is 8.51. The van der Waals surface area contributed by atoms with Crippen LogP contribution in [0.1, 0.15) is 45.4 Å². The highest BCUT2D eigenvalue weighted by molar-refractivity contribution is 4.80. The van der Waals surface area contributed by atoms with Gasteiger partial charge < -0.3 is 10.2 Å². The van der Waals surface area contributed by atoms with E-state index in [1.807, 2.05) is 0 Å². The van der Waals surface area contributed by atoms with E-state index in [-0.39, 0.29) is 0 Å². The fourth-order valence-corrected chi connectivity index (χ4v) is 3.15. The van der Waals surface area contributed by atoms with Crippen molar-refractivity contribution in [2.24, 2.45) is 5.92 Å². The quantitative estimate of drug-likeness (QED) is 0.714. The molecule has 88 valence electrons. The third-order valence-corrected chi connectivity index (χ3v) is 4.02. The number of rotatable bonds is 1. The van der Waals surface area contributed by atoms with Gasteiger partial charge in [0.15, 0.2) is 0 Å². The lowest BCUT2D eigenvalue weighted by molar-refractivity contribution is 0.126. The van der Waals surface area contributed by atoms with E-state index in [4.69, 9.17) is 0 Å². The Bertz CT molecular complexity index is 173. The summed E-state index contributed by atoms with van der Waals surface area (Å²) < 4.78 is 0. The molecule has 2 nitrogen and oxygen atoms in total. The van der Waals surface area contributed by atoms with Gasteiger partial charge in [0.1, 0.15) is 0 Å². The molecule has 1 saturated heterocycles. The maximum Gasteiger partial charge on any atom is 0.00978 e. The standard InChI is InChI=1S/C13H26N2/c1-12-5-2-6-13(11-12)15-9-3-7-14-8-4-10-15/h12-14H,2-11H2,1H3. The molecule has 2 rings (SSSR count). The molecule has 2 aliphatic rings. The second kappa shape index (κ2) is 5.86. The van der Waals surface area contributed by atoms with E-state index in [1.54, 1.807) is 0 Å². The molecule has 1 aliphatic heterocycles. The molecule has 1 saturated carbocycles. The highest BCUT2D eigenvalue weighted by atomic mass is 15.2. The van der Waals surface area contributed by atoms with Crippen LogP contribution in [0.5, 0.6) is 0 Å². The molecule has 1 N–H and O–H groups in total. The van der Waals surface area contributed by atoms with Crippen molar-refractivity contribution in [1.82, 2.24) is 10.2 Å². The summed E-state index contributed by atoms with van der Waals surface area (Å²) in [4.78, 5) is 2.77. The van der Waals surface area contributed by atoms with Crippen molar-refractivity contribution in [1.29, 1.82) is 0 Å². The van der Waals surface area contributed by atoms with Crippen molar-refractivity contribution in [3.63, 3.8) is 0 Å². The van der Waals surface area contributed by atoms with E-state index in [2.05, 4.69) is 17.1 Å². The van der Waals surface area contributed by atoms with Gasteiger partial charge in [0.05, 0.1) is 0 Å². The molecule has 0 spiro atoms. The lowest BCUT2D eigenvalue weighted by Crippen LogP contribution is -2.42. The highest BCUT2D eigenvalue weighted by Crippen LogP contribution is 2.27. The highest BCUT2D eigenvalue weighted by Gasteiger charge is 2.24. The molecule has 2 fully saturated rings. The fourth-order valence-electron chi connectivity index (χ4n) is 3.15. The maximum atomic E-state index is 3.49. The smallest absolute Gasteiger partial charge is 0.00978 e. The minimum atomic E-state index is 0.909. The van der Waals surface area contributed by atoms with Gasteiger partial charge in [0, 0.05) is 6.04 Å². The lowest BCUT2D eigenvalue weighted by Gasteiger charge is -2.37. The monoisotopic (exact) mass is 210 g/mol. The first-order valence-corrected chi connectivity index (χ1v) is 6.81. The molecule has 2 unspecified atom stereocenters. The molecule has 0 radical (unpaired) electrons. The fraction of sp³-hybridized carbons (Fsp3) is 1.00. The number of hydrogen-bond donors (Lipinski definition) is 1. The average molecular weight is 210 g/mol. The van der Waals surface area contributed by atoms with Crippen LogP contribution in [0, 0.1) is 5.92 Å². The topological polar surface area (TPSA) is 15.3 Å². The Kier molecular flexibility index (Phi) is 4.45. The first-order chi connectivity index (χ1) is 7.36. The van der Waals surface area contributed by atoms with Crippen molar-refractivity contribution in [3.05, 3.63) is 0 Å². The molecule has 0 aromatic heterocycles. The first-order valence-electron chi connectivity index (χ1n) is 6.81. The Labute approximate surface area is 94.4 Å². The summed E-state index contributed by atoms with van der Waals surface area (Å²) in [5, 5.41) is 3.49. The van der Waals surface area contributed by atoms with Crippen LogP contribution in [0.25, 0.3) is 0 Å². The van der Waals surface area contributed by atoms with Gasteiger partial charge in [-0.15, -0.1) is 0 Å². The van der Waals surface area contributed by atoms with Gasteiger partial charge in [-0.3, -0.25) is 0 Å². The van der Waals surface area contributed by atoms with E-state index in [0.29, 0.717) is 0 Å². The predicted octanol–water partition coefficient (Wildman–Crippen LogP) is 2.25. The molecule has 0 aromatic rings. The van der Waals surface area contributed by atoms with Crippen molar-refractivity contribution in [2.75, 3.05) is 26.2 Å². The van der Waals surface area contributed by atoms with Gasteiger partial charge in [-0.25, -0.2) is 0 Å². The third kappa shape index (κ3) is 3.46. The summed E-state index contributed by atoms with van der Waals surface area (Å²) in [7, 11) is 0. The van der Waals surface area contributed by atoms with Crippen molar-refractivity contribution >= 4 is 0 Å². The van der Waals surface area contributed by atoms with Crippen LogP contribution in [0.2, 0.25) is 0 Å². The van der Waals surface area contributed by atoms with Gasteiger partial charge in [0.2, 0.25) is 0 Å². The molecule has 0 aromatic carbocycles. The summed E-state index contributed by atoms with van der Waals surface area (Å²) in [5.74, 6) is 0.965. The molecule has 2 heteroatoms. The molecular formula is C13H26N2. The first kappa shape index (κ1) is 11.4. The average Bonchev–Trinajstić information content (AvgIpc) is 2.16. The van der Waals surface area contributed by atoms with Crippen LogP contribution in [-0.2, 0) is 0 Å². The van der Waals surface area contributed by atoms with Crippen molar-refractivity contribution < 1.29 is 0 Å². The van der Waals surface area contributed by atoms with E-state index in [9.17, 15) is 0 Å². The van der Waals surface area contributed by atoms with Gasteiger partial charge in [-0.05, 0) is 57.8 Å². The number of hydrogen-bond acceptors (Lipinski definition) is 2. The van der Waals surface area contributed by atoms with E-state index in [1.165, 1.54) is 64.7 Å². The second-order valence-electron chi connectivity index (χ2n) is 5.42. The zero-order valence-corrected chi connectivity index (χ0v) is 10.2. The summed E-state index contributed by atoms with van der Waals surface area (Å²) >= 11 is 0. The van der Waals surface area contributed by atoms with Crippen LogP contribution in [0.4, 0.5) is 0 Å². The van der Waals surface area contributed by atoms with Gasteiger partial charge in [0.25, 0.3) is 0 Å². The van der Waals surface area contributed by atoms with Crippen LogP contribution in [-0.4, -0.2) is 37.1 Å². The normalized spacial score (nSPS) is 35.8. The Morgan fingerprint density at radius 2 is 1.73 bits per heavy atom. The van der Waals surface area contributed by atoms with Gasteiger partial charge in [-0.2, -0.15) is 0 Å². The molecule has 2 atom stereocenters. The van der Waals surface area contributed by atoms with Gasteiger partial charge in [-0.1, -0.05) is 19.8 Å². The van der Waals surface area contributed by atoms with Crippen LogP contribution >= 0.6 is 0 Å². The molecular weight excluding hydrogens is 184 g/mol. The Balaban J connectivity index is 1.83. The predicted molar refractivity (Wildman–Crippen MR) is 65.1 cm³/mol. The lowest BCUT2D eigenvalue weighted by atomic mass is 9.86. The zero-order chi connectivity index (χ0) is 10.5. The molecule has 1 heterocycles. The molecule has 0 amide bonds. The van der Waals surface area contributed by atoms with Gasteiger partial charge >= 0.3 is 0 Å². The van der Waals surface area contributed by atoms with Crippen LogP contribution in [0.3, 0.4) is 0 Å². The van der Waals surface area contributed by atoms with Crippen molar-refractivity contribution in [3.8, 4) is 0 Å². The molecule has 15 heavy (non-hydrogen) atoms. The van der Waals surface area contributed by atoms with Crippen LogP contribution in [0.15, 0.2) is 0 Å². The Morgan fingerprint density at radius 1 is 1.00 bits per heavy atom. The minimum Gasteiger partial charge on any atom is -0.317 e.